The molecule has 124 valence electrons. The van der Waals surface area contributed by atoms with E-state index in [9.17, 15) is 0 Å². The SMILES string of the molecule is Cc1cc(NCc2ccccn2)n2ncc(-c3cccc(Cl)c3)c2n1. The van der Waals surface area contributed by atoms with Gasteiger partial charge in [0.05, 0.1) is 18.4 Å². The highest BCUT2D eigenvalue weighted by molar-refractivity contribution is 6.30. The summed E-state index contributed by atoms with van der Waals surface area (Å²) in [6.45, 7) is 2.59. The number of nitrogens with one attached hydrogen (secondary N) is 1. The second-order valence-corrected chi connectivity index (χ2v) is 6.20. The van der Waals surface area contributed by atoms with E-state index in [1.54, 1.807) is 6.20 Å². The highest BCUT2D eigenvalue weighted by Gasteiger charge is 2.12. The number of pyridine rings is 1. The third-order valence-corrected chi connectivity index (χ3v) is 4.15. The van der Waals surface area contributed by atoms with E-state index in [0.29, 0.717) is 11.6 Å². The van der Waals surface area contributed by atoms with Gasteiger partial charge in [-0.1, -0.05) is 29.8 Å². The first kappa shape index (κ1) is 15.6. The lowest BCUT2D eigenvalue weighted by atomic mass is 10.1. The number of hydrogen-bond acceptors (Lipinski definition) is 4. The second-order valence-electron chi connectivity index (χ2n) is 5.76. The predicted octanol–water partition coefficient (Wildman–Crippen LogP) is 4.37. The molecule has 0 amide bonds. The summed E-state index contributed by atoms with van der Waals surface area (Å²) < 4.78 is 1.81. The molecule has 0 bridgehead atoms. The minimum atomic E-state index is 0.617. The van der Waals surface area contributed by atoms with Crippen LogP contribution in [0.5, 0.6) is 0 Å². The zero-order chi connectivity index (χ0) is 17.2. The summed E-state index contributed by atoms with van der Waals surface area (Å²) in [5.74, 6) is 0.876. The summed E-state index contributed by atoms with van der Waals surface area (Å²) in [5, 5.41) is 8.59. The summed E-state index contributed by atoms with van der Waals surface area (Å²) in [6.07, 6.45) is 3.61. The van der Waals surface area contributed by atoms with Crippen LogP contribution in [0.15, 0.2) is 60.9 Å². The first-order valence-electron chi connectivity index (χ1n) is 7.96. The van der Waals surface area contributed by atoms with Gasteiger partial charge in [-0.3, -0.25) is 4.98 Å². The van der Waals surface area contributed by atoms with Crippen molar-refractivity contribution in [3.8, 4) is 11.1 Å². The van der Waals surface area contributed by atoms with E-state index in [0.717, 1.165) is 34.0 Å². The molecule has 0 spiro atoms. The first-order chi connectivity index (χ1) is 12.2. The highest BCUT2D eigenvalue weighted by atomic mass is 35.5. The Labute approximate surface area is 150 Å². The molecule has 0 saturated heterocycles. The van der Waals surface area contributed by atoms with Crippen LogP contribution in [-0.2, 0) is 6.54 Å². The maximum atomic E-state index is 6.13. The topological polar surface area (TPSA) is 55.1 Å². The maximum absolute atomic E-state index is 6.13. The molecule has 0 aliphatic rings. The number of aromatic nitrogens is 4. The number of anilines is 1. The number of aryl methyl sites for hydroxylation is 1. The average molecular weight is 350 g/mol. The minimum absolute atomic E-state index is 0.617. The van der Waals surface area contributed by atoms with Crippen molar-refractivity contribution < 1.29 is 0 Å². The van der Waals surface area contributed by atoms with Crippen LogP contribution in [-0.4, -0.2) is 19.6 Å². The normalized spacial score (nSPS) is 11.0. The van der Waals surface area contributed by atoms with Crippen LogP contribution in [0.3, 0.4) is 0 Å². The Morgan fingerprint density at radius 3 is 2.84 bits per heavy atom. The fraction of sp³-hybridized carbons (Fsp3) is 0.105. The summed E-state index contributed by atoms with van der Waals surface area (Å²) in [7, 11) is 0. The maximum Gasteiger partial charge on any atom is 0.165 e. The van der Waals surface area contributed by atoms with Crippen molar-refractivity contribution in [2.45, 2.75) is 13.5 Å². The van der Waals surface area contributed by atoms with Crippen LogP contribution in [0.2, 0.25) is 5.02 Å². The van der Waals surface area contributed by atoms with Gasteiger partial charge in [0.15, 0.2) is 5.65 Å². The minimum Gasteiger partial charge on any atom is -0.364 e. The molecule has 0 aliphatic heterocycles. The summed E-state index contributed by atoms with van der Waals surface area (Å²) in [4.78, 5) is 9.00. The Balaban J connectivity index is 1.74. The third kappa shape index (κ3) is 3.19. The molecular formula is C19H16ClN5. The van der Waals surface area contributed by atoms with Gasteiger partial charge in [-0.25, -0.2) is 4.98 Å². The van der Waals surface area contributed by atoms with Gasteiger partial charge in [0.2, 0.25) is 0 Å². The second kappa shape index (κ2) is 6.53. The van der Waals surface area contributed by atoms with Crippen LogP contribution in [0.25, 0.3) is 16.8 Å². The molecule has 0 atom stereocenters. The van der Waals surface area contributed by atoms with Crippen LogP contribution in [0, 0.1) is 6.92 Å². The van der Waals surface area contributed by atoms with Crippen molar-refractivity contribution in [3.63, 3.8) is 0 Å². The van der Waals surface area contributed by atoms with Gasteiger partial charge in [0.25, 0.3) is 0 Å². The molecule has 3 aromatic heterocycles. The Hall–Kier alpha value is -2.92. The van der Waals surface area contributed by atoms with Gasteiger partial charge in [0.1, 0.15) is 5.82 Å². The van der Waals surface area contributed by atoms with Gasteiger partial charge >= 0.3 is 0 Å². The Kier molecular flexibility index (Phi) is 4.07. The van der Waals surface area contributed by atoms with Crippen molar-refractivity contribution in [1.82, 2.24) is 19.6 Å². The number of rotatable bonds is 4. The molecule has 0 aliphatic carbocycles. The number of nitrogens with zero attached hydrogens (tertiary/aromatic N) is 4. The fourth-order valence-corrected chi connectivity index (χ4v) is 2.94. The van der Waals surface area contributed by atoms with E-state index in [-0.39, 0.29) is 0 Å². The van der Waals surface area contributed by atoms with E-state index >= 15 is 0 Å². The first-order valence-corrected chi connectivity index (χ1v) is 8.33. The number of hydrogen-bond donors (Lipinski definition) is 1. The lowest BCUT2D eigenvalue weighted by Crippen LogP contribution is -2.07. The van der Waals surface area contributed by atoms with Crippen LogP contribution < -0.4 is 5.32 Å². The fourth-order valence-electron chi connectivity index (χ4n) is 2.75. The Morgan fingerprint density at radius 1 is 1.12 bits per heavy atom. The molecule has 3 heterocycles. The lowest BCUT2D eigenvalue weighted by molar-refractivity contribution is 0.909. The standard InChI is InChI=1S/C19H16ClN5/c1-13-9-18(22-11-16-7-2-3-8-21-16)25-19(24-13)17(12-23-25)14-5-4-6-15(20)10-14/h2-10,12,22H,11H2,1H3. The van der Waals surface area contributed by atoms with E-state index in [2.05, 4.69) is 20.4 Å². The van der Waals surface area contributed by atoms with Crippen molar-refractivity contribution in [2.24, 2.45) is 0 Å². The number of benzene rings is 1. The van der Waals surface area contributed by atoms with Gasteiger partial charge in [-0.2, -0.15) is 9.61 Å². The van der Waals surface area contributed by atoms with Gasteiger partial charge in [-0.05, 0) is 36.8 Å². The quantitative estimate of drug-likeness (QED) is 0.594. The van der Waals surface area contributed by atoms with Crippen LogP contribution >= 0.6 is 11.6 Å². The number of halogens is 1. The lowest BCUT2D eigenvalue weighted by Gasteiger charge is -2.09. The smallest absolute Gasteiger partial charge is 0.165 e. The van der Waals surface area contributed by atoms with Crippen LogP contribution in [0.4, 0.5) is 5.82 Å². The van der Waals surface area contributed by atoms with Gasteiger partial charge in [-0.15, -0.1) is 0 Å². The van der Waals surface area contributed by atoms with E-state index in [1.165, 1.54) is 0 Å². The van der Waals surface area contributed by atoms with Crippen molar-refractivity contribution in [3.05, 3.63) is 77.3 Å². The molecule has 1 N–H and O–H groups in total. The van der Waals surface area contributed by atoms with E-state index in [1.807, 2.05) is 66.2 Å². The van der Waals surface area contributed by atoms with Crippen LogP contribution in [0.1, 0.15) is 11.4 Å². The molecule has 5 nitrogen and oxygen atoms in total. The van der Waals surface area contributed by atoms with Crippen molar-refractivity contribution >= 4 is 23.1 Å². The zero-order valence-corrected chi connectivity index (χ0v) is 14.4. The average Bonchev–Trinajstić information content (AvgIpc) is 3.04. The Bertz CT molecular complexity index is 1030. The Morgan fingerprint density at radius 2 is 2.04 bits per heavy atom. The zero-order valence-electron chi connectivity index (χ0n) is 13.6. The molecule has 0 fully saturated rings. The highest BCUT2D eigenvalue weighted by Crippen LogP contribution is 2.27. The summed E-state index contributed by atoms with van der Waals surface area (Å²) in [5.41, 5.74) is 4.63. The van der Waals surface area contributed by atoms with Gasteiger partial charge in [0, 0.05) is 28.5 Å². The molecule has 0 unspecified atom stereocenters. The van der Waals surface area contributed by atoms with E-state index in [4.69, 9.17) is 11.6 Å². The molecule has 0 radical (unpaired) electrons. The molecule has 4 rings (SSSR count). The van der Waals surface area contributed by atoms with E-state index < -0.39 is 0 Å². The summed E-state index contributed by atoms with van der Waals surface area (Å²) in [6, 6.07) is 15.6. The third-order valence-electron chi connectivity index (χ3n) is 3.91. The molecule has 0 saturated carbocycles. The number of fused-ring (bicyclic) bond motifs is 1. The molecule has 25 heavy (non-hydrogen) atoms. The predicted molar refractivity (Wildman–Crippen MR) is 99.7 cm³/mol. The van der Waals surface area contributed by atoms with Gasteiger partial charge < -0.3 is 5.32 Å². The molecule has 4 aromatic rings. The monoisotopic (exact) mass is 349 g/mol. The molecule has 6 heteroatoms. The molecular weight excluding hydrogens is 334 g/mol. The largest absolute Gasteiger partial charge is 0.364 e. The summed E-state index contributed by atoms with van der Waals surface area (Å²) >= 11 is 6.13. The molecule has 1 aromatic carbocycles. The van der Waals surface area contributed by atoms with Crippen molar-refractivity contribution in [2.75, 3.05) is 5.32 Å². The van der Waals surface area contributed by atoms with Crippen molar-refractivity contribution in [1.29, 1.82) is 0 Å².